The SMILES string of the molecule is C.C.C.C.C.CCCC.N[C@@H](C=O)CS.N[C@@H](C=O)Cc1c[nH]c2ccccc12. The Labute approximate surface area is 186 Å². The molecule has 0 spiro atoms. The minimum absolute atomic E-state index is 0. The van der Waals surface area contributed by atoms with E-state index >= 15 is 0 Å². The van der Waals surface area contributed by atoms with Crippen molar-refractivity contribution in [1.29, 1.82) is 0 Å². The Kier molecular flexibility index (Phi) is 37.9. The Morgan fingerprint density at radius 1 is 0.931 bits per heavy atom. The molecule has 0 saturated heterocycles. The minimum atomic E-state index is -0.408. The van der Waals surface area contributed by atoms with Crippen molar-refractivity contribution in [3.8, 4) is 0 Å². The van der Waals surface area contributed by atoms with Crippen LogP contribution in [0.3, 0.4) is 0 Å². The van der Waals surface area contributed by atoms with Crippen LogP contribution in [0.1, 0.15) is 69.4 Å². The van der Waals surface area contributed by atoms with Gasteiger partial charge in [0.05, 0.1) is 12.1 Å². The fraction of sp³-hybridized carbons (Fsp3) is 0.565. The van der Waals surface area contributed by atoms with Gasteiger partial charge in [-0.25, -0.2) is 0 Å². The number of H-pyrrole nitrogens is 1. The molecule has 29 heavy (non-hydrogen) atoms. The molecular formula is C23H49N3O2S. The fourth-order valence-corrected chi connectivity index (χ4v) is 1.73. The molecule has 0 amide bonds. The molecule has 1 aromatic carbocycles. The zero-order valence-corrected chi connectivity index (χ0v) is 15.3. The standard InChI is InChI=1S/C11H12N2O.C4H10.C3H7NOS.5CH4/c12-9(7-14)5-8-6-13-11-4-2-1-3-10(8)11;1-3-4-2;4-3(1-5)2-6;;;;;/h1-4,6-7,9,13H,5,12H2;3-4H2,1-2H3;1,3,6H,2,4H2;5*1H4/t9-;;3-;;;;;/m1.0...../s1. The molecule has 0 fully saturated rings. The number of hydrogen-bond acceptors (Lipinski definition) is 5. The van der Waals surface area contributed by atoms with E-state index in [1.165, 1.54) is 12.8 Å². The van der Waals surface area contributed by atoms with E-state index in [9.17, 15) is 9.59 Å². The normalized spacial score (nSPS) is 10.1. The maximum Gasteiger partial charge on any atom is 0.137 e. The van der Waals surface area contributed by atoms with Crippen molar-refractivity contribution in [2.75, 3.05) is 5.75 Å². The molecule has 1 heterocycles. The number of hydrogen-bond donors (Lipinski definition) is 4. The second kappa shape index (κ2) is 26.4. The quantitative estimate of drug-likeness (QED) is 0.350. The molecule has 0 saturated carbocycles. The van der Waals surface area contributed by atoms with E-state index in [-0.39, 0.29) is 43.2 Å². The predicted molar refractivity (Wildman–Crippen MR) is 138 cm³/mol. The van der Waals surface area contributed by atoms with Gasteiger partial charge in [0.1, 0.15) is 12.6 Å². The summed E-state index contributed by atoms with van der Waals surface area (Å²) in [7, 11) is 0. The van der Waals surface area contributed by atoms with Gasteiger partial charge in [-0.1, -0.05) is 82.0 Å². The highest BCUT2D eigenvalue weighted by Crippen LogP contribution is 2.18. The molecule has 5 N–H and O–H groups in total. The number of carbonyl (C=O) groups excluding carboxylic acids is 2. The first kappa shape index (κ1) is 41.7. The number of nitrogens with two attached hydrogens (primary N) is 2. The first-order valence-electron chi connectivity index (χ1n) is 8.11. The third kappa shape index (κ3) is 18.2. The molecular weight excluding hydrogens is 382 g/mol. The van der Waals surface area contributed by atoms with Crippen molar-refractivity contribution in [1.82, 2.24) is 4.98 Å². The van der Waals surface area contributed by atoms with Crippen molar-refractivity contribution in [2.24, 2.45) is 11.5 Å². The van der Waals surface area contributed by atoms with Crippen LogP contribution in [0.4, 0.5) is 0 Å². The van der Waals surface area contributed by atoms with Gasteiger partial charge in [0.2, 0.25) is 0 Å². The third-order valence-electron chi connectivity index (χ3n) is 3.19. The molecule has 6 heteroatoms. The molecule has 0 aliphatic rings. The van der Waals surface area contributed by atoms with Gasteiger partial charge in [0.25, 0.3) is 0 Å². The van der Waals surface area contributed by atoms with Crippen LogP contribution in [0.5, 0.6) is 0 Å². The number of fused-ring (bicyclic) bond motifs is 1. The summed E-state index contributed by atoms with van der Waals surface area (Å²) >= 11 is 3.74. The number of nitrogens with one attached hydrogen (secondary N) is 1. The summed E-state index contributed by atoms with van der Waals surface area (Å²) in [4.78, 5) is 23.1. The average Bonchev–Trinajstić information content (AvgIpc) is 3.04. The number of benzene rings is 1. The summed E-state index contributed by atoms with van der Waals surface area (Å²) in [5.74, 6) is 0.434. The number of para-hydroxylation sites is 1. The Morgan fingerprint density at radius 3 is 1.79 bits per heavy atom. The molecule has 0 aliphatic heterocycles. The third-order valence-corrected chi connectivity index (χ3v) is 3.61. The molecule has 2 aromatic rings. The molecule has 5 nitrogen and oxygen atoms in total. The van der Waals surface area contributed by atoms with E-state index in [0.29, 0.717) is 18.5 Å². The average molecular weight is 432 g/mol. The zero-order chi connectivity index (χ0) is 18.4. The van der Waals surface area contributed by atoms with Gasteiger partial charge in [-0.2, -0.15) is 12.6 Å². The van der Waals surface area contributed by atoms with Crippen LogP contribution in [0.15, 0.2) is 30.5 Å². The van der Waals surface area contributed by atoms with Crippen LogP contribution in [-0.4, -0.2) is 35.4 Å². The fourth-order valence-electron chi connectivity index (χ4n) is 1.65. The zero-order valence-electron chi connectivity index (χ0n) is 14.4. The summed E-state index contributed by atoms with van der Waals surface area (Å²) in [6.07, 6.45) is 6.59. The lowest BCUT2D eigenvalue weighted by molar-refractivity contribution is -0.109. The van der Waals surface area contributed by atoms with E-state index in [1.54, 1.807) is 0 Å². The van der Waals surface area contributed by atoms with Gasteiger partial charge >= 0.3 is 0 Å². The van der Waals surface area contributed by atoms with Crippen LogP contribution < -0.4 is 11.5 Å². The summed E-state index contributed by atoms with van der Waals surface area (Å²) in [5.41, 5.74) is 12.8. The summed E-state index contributed by atoms with van der Waals surface area (Å²) in [6, 6.07) is 7.20. The van der Waals surface area contributed by atoms with Crippen LogP contribution in [0, 0.1) is 0 Å². The number of aromatic amines is 1. The van der Waals surface area contributed by atoms with Gasteiger partial charge in [0, 0.05) is 22.9 Å². The summed E-state index contributed by atoms with van der Waals surface area (Å²) in [6.45, 7) is 4.36. The lowest BCUT2D eigenvalue weighted by Crippen LogP contribution is -2.23. The van der Waals surface area contributed by atoms with Crippen LogP contribution in [0.2, 0.25) is 0 Å². The molecule has 0 aliphatic carbocycles. The number of aromatic nitrogens is 1. The van der Waals surface area contributed by atoms with Crippen molar-refractivity contribution >= 4 is 36.1 Å². The van der Waals surface area contributed by atoms with E-state index in [4.69, 9.17) is 11.5 Å². The van der Waals surface area contributed by atoms with Crippen LogP contribution in [0.25, 0.3) is 10.9 Å². The smallest absolute Gasteiger partial charge is 0.137 e. The van der Waals surface area contributed by atoms with E-state index in [0.717, 1.165) is 22.8 Å². The Hall–Kier alpha value is -1.63. The molecule has 174 valence electrons. The largest absolute Gasteiger partial charge is 0.361 e. The highest BCUT2D eigenvalue weighted by atomic mass is 32.1. The van der Waals surface area contributed by atoms with E-state index in [2.05, 4.69) is 31.5 Å². The Bertz CT molecular complexity index is 586. The molecule has 0 unspecified atom stereocenters. The number of carbonyl (C=O) groups is 2. The van der Waals surface area contributed by atoms with Gasteiger partial charge in [-0.15, -0.1) is 0 Å². The predicted octanol–water partition coefficient (Wildman–Crippen LogP) is 5.67. The molecule has 2 rings (SSSR count). The van der Waals surface area contributed by atoms with Crippen LogP contribution in [-0.2, 0) is 16.0 Å². The summed E-state index contributed by atoms with van der Waals surface area (Å²) in [5, 5.41) is 1.14. The highest BCUT2D eigenvalue weighted by Gasteiger charge is 2.06. The second-order valence-electron chi connectivity index (χ2n) is 5.35. The highest BCUT2D eigenvalue weighted by molar-refractivity contribution is 7.80. The molecule has 0 bridgehead atoms. The number of unbranched alkanes of at least 4 members (excludes halogenated alkanes) is 1. The first-order valence-corrected chi connectivity index (χ1v) is 8.74. The van der Waals surface area contributed by atoms with E-state index in [1.807, 2.05) is 30.5 Å². The number of rotatable bonds is 6. The van der Waals surface area contributed by atoms with Crippen molar-refractivity contribution in [3.05, 3.63) is 36.0 Å². The lowest BCUT2D eigenvalue weighted by Gasteiger charge is -2.01. The van der Waals surface area contributed by atoms with E-state index < -0.39 is 6.04 Å². The molecule has 1 aromatic heterocycles. The molecule has 2 atom stereocenters. The maximum atomic E-state index is 10.4. The monoisotopic (exact) mass is 431 g/mol. The maximum absolute atomic E-state index is 10.4. The Morgan fingerprint density at radius 2 is 1.41 bits per heavy atom. The van der Waals surface area contributed by atoms with Crippen molar-refractivity contribution in [2.45, 2.75) is 82.3 Å². The van der Waals surface area contributed by atoms with Crippen molar-refractivity contribution < 1.29 is 9.59 Å². The Balaban J connectivity index is -0.0000000769. The van der Waals surface area contributed by atoms with Crippen LogP contribution >= 0.6 is 12.6 Å². The summed E-state index contributed by atoms with van der Waals surface area (Å²) < 4.78 is 0. The van der Waals surface area contributed by atoms with Crippen molar-refractivity contribution in [3.63, 3.8) is 0 Å². The topological polar surface area (TPSA) is 102 Å². The lowest BCUT2D eigenvalue weighted by atomic mass is 10.1. The van der Waals surface area contributed by atoms with Gasteiger partial charge in [-0.05, 0) is 18.1 Å². The first-order chi connectivity index (χ1) is 11.5. The second-order valence-corrected chi connectivity index (χ2v) is 5.71. The number of aldehydes is 2. The van der Waals surface area contributed by atoms with Gasteiger partial charge in [-0.3, -0.25) is 0 Å². The molecule has 0 radical (unpaired) electrons. The minimum Gasteiger partial charge on any atom is -0.361 e. The van der Waals surface area contributed by atoms with Gasteiger partial charge in [0.15, 0.2) is 0 Å². The van der Waals surface area contributed by atoms with Gasteiger partial charge < -0.3 is 26.0 Å². The number of thiol groups is 1.